The molecule has 1 aromatic carbocycles. The largest absolute Gasteiger partial charge is 0.356 e. The standard InChI is InChI=1S/C14H22FN3S/c1-16-14(17-8-3-4-9-19-2)18-11-12-6-5-7-13(15)10-12/h5-7,10H,3-4,8-9,11H2,1-2H3,(H2,16,17,18). The van der Waals surface area contributed by atoms with E-state index in [2.05, 4.69) is 21.9 Å². The molecule has 106 valence electrons. The highest BCUT2D eigenvalue weighted by Gasteiger charge is 1.99. The van der Waals surface area contributed by atoms with E-state index in [1.54, 1.807) is 13.1 Å². The highest BCUT2D eigenvalue weighted by molar-refractivity contribution is 7.98. The Hall–Kier alpha value is -1.23. The number of halogens is 1. The van der Waals surface area contributed by atoms with Gasteiger partial charge in [0.2, 0.25) is 0 Å². The van der Waals surface area contributed by atoms with Crippen molar-refractivity contribution in [2.75, 3.05) is 25.6 Å². The molecule has 0 saturated heterocycles. The molecular weight excluding hydrogens is 261 g/mol. The van der Waals surface area contributed by atoms with Gasteiger partial charge in [-0.1, -0.05) is 12.1 Å². The van der Waals surface area contributed by atoms with Gasteiger partial charge in [-0.25, -0.2) is 4.39 Å². The van der Waals surface area contributed by atoms with Crippen molar-refractivity contribution in [3.63, 3.8) is 0 Å². The Kier molecular flexibility index (Phi) is 8.05. The number of nitrogens with zero attached hydrogens (tertiary/aromatic N) is 1. The van der Waals surface area contributed by atoms with E-state index in [0.29, 0.717) is 6.54 Å². The van der Waals surface area contributed by atoms with Crippen molar-refractivity contribution in [2.24, 2.45) is 4.99 Å². The SMILES string of the molecule is CN=C(NCCCCSC)NCc1cccc(F)c1. The Bertz CT molecular complexity index is 396. The van der Waals surface area contributed by atoms with Crippen LogP contribution in [0.3, 0.4) is 0 Å². The predicted molar refractivity (Wildman–Crippen MR) is 82.2 cm³/mol. The maximum absolute atomic E-state index is 13.0. The van der Waals surface area contributed by atoms with Crippen LogP contribution in [-0.4, -0.2) is 31.6 Å². The van der Waals surface area contributed by atoms with E-state index in [4.69, 9.17) is 0 Å². The van der Waals surface area contributed by atoms with Gasteiger partial charge in [0.1, 0.15) is 5.82 Å². The molecule has 0 aromatic heterocycles. The molecule has 0 radical (unpaired) electrons. The van der Waals surface area contributed by atoms with Gasteiger partial charge in [0.15, 0.2) is 5.96 Å². The molecule has 2 N–H and O–H groups in total. The van der Waals surface area contributed by atoms with Gasteiger partial charge in [0, 0.05) is 20.1 Å². The van der Waals surface area contributed by atoms with E-state index in [0.717, 1.165) is 24.5 Å². The third-order valence-corrected chi connectivity index (χ3v) is 3.34. The lowest BCUT2D eigenvalue weighted by molar-refractivity contribution is 0.624. The molecule has 0 aliphatic rings. The zero-order chi connectivity index (χ0) is 13.9. The van der Waals surface area contributed by atoms with Crippen LogP contribution in [0, 0.1) is 5.82 Å². The zero-order valence-corrected chi connectivity index (χ0v) is 12.4. The van der Waals surface area contributed by atoms with E-state index in [1.807, 2.05) is 17.8 Å². The van der Waals surface area contributed by atoms with Gasteiger partial charge < -0.3 is 10.6 Å². The molecule has 0 atom stereocenters. The zero-order valence-electron chi connectivity index (χ0n) is 11.6. The Morgan fingerprint density at radius 1 is 1.32 bits per heavy atom. The van der Waals surface area contributed by atoms with E-state index in [-0.39, 0.29) is 5.82 Å². The van der Waals surface area contributed by atoms with E-state index in [1.165, 1.54) is 24.3 Å². The van der Waals surface area contributed by atoms with Crippen molar-refractivity contribution in [1.82, 2.24) is 10.6 Å². The van der Waals surface area contributed by atoms with Crippen LogP contribution in [0.5, 0.6) is 0 Å². The van der Waals surface area contributed by atoms with E-state index < -0.39 is 0 Å². The van der Waals surface area contributed by atoms with Crippen LogP contribution in [0.25, 0.3) is 0 Å². The van der Waals surface area contributed by atoms with Crippen LogP contribution >= 0.6 is 11.8 Å². The number of nitrogens with one attached hydrogen (secondary N) is 2. The summed E-state index contributed by atoms with van der Waals surface area (Å²) in [6.07, 6.45) is 4.45. The van der Waals surface area contributed by atoms with Crippen LogP contribution in [0.2, 0.25) is 0 Å². The molecule has 0 amide bonds. The molecular formula is C14H22FN3S. The topological polar surface area (TPSA) is 36.4 Å². The smallest absolute Gasteiger partial charge is 0.191 e. The van der Waals surface area contributed by atoms with E-state index >= 15 is 0 Å². The molecule has 19 heavy (non-hydrogen) atoms. The lowest BCUT2D eigenvalue weighted by Crippen LogP contribution is -2.37. The number of guanidine groups is 1. The Balaban J connectivity index is 2.25. The molecule has 0 aliphatic heterocycles. The summed E-state index contributed by atoms with van der Waals surface area (Å²) in [4.78, 5) is 4.14. The van der Waals surface area contributed by atoms with Crippen molar-refractivity contribution < 1.29 is 4.39 Å². The maximum atomic E-state index is 13.0. The summed E-state index contributed by atoms with van der Waals surface area (Å²) in [6, 6.07) is 6.58. The summed E-state index contributed by atoms with van der Waals surface area (Å²) in [5, 5.41) is 6.42. The number of rotatable bonds is 7. The van der Waals surface area contributed by atoms with Gasteiger partial charge in [-0.05, 0) is 42.5 Å². The minimum absolute atomic E-state index is 0.209. The number of unbranched alkanes of at least 4 members (excludes halogenated alkanes) is 1. The van der Waals surface area contributed by atoms with E-state index in [9.17, 15) is 4.39 Å². The Morgan fingerprint density at radius 3 is 2.84 bits per heavy atom. The van der Waals surface area contributed by atoms with Crippen molar-refractivity contribution in [1.29, 1.82) is 0 Å². The second kappa shape index (κ2) is 9.67. The van der Waals surface area contributed by atoms with Crippen LogP contribution < -0.4 is 10.6 Å². The van der Waals surface area contributed by atoms with Crippen LogP contribution in [0.1, 0.15) is 18.4 Å². The Morgan fingerprint density at radius 2 is 2.16 bits per heavy atom. The lowest BCUT2D eigenvalue weighted by Gasteiger charge is -2.11. The molecule has 0 unspecified atom stereocenters. The first-order valence-corrected chi connectivity index (χ1v) is 7.83. The van der Waals surface area contributed by atoms with Gasteiger partial charge in [0.05, 0.1) is 0 Å². The number of thioether (sulfide) groups is 1. The molecule has 1 aromatic rings. The summed E-state index contributed by atoms with van der Waals surface area (Å²) < 4.78 is 13.0. The van der Waals surface area contributed by atoms with Crippen molar-refractivity contribution in [2.45, 2.75) is 19.4 Å². The van der Waals surface area contributed by atoms with Gasteiger partial charge in [-0.3, -0.25) is 4.99 Å². The molecule has 0 aliphatic carbocycles. The quantitative estimate of drug-likeness (QED) is 0.459. The van der Waals surface area contributed by atoms with Gasteiger partial charge >= 0.3 is 0 Å². The minimum Gasteiger partial charge on any atom is -0.356 e. The second-order valence-electron chi connectivity index (χ2n) is 4.18. The van der Waals surface area contributed by atoms with Gasteiger partial charge in [-0.2, -0.15) is 11.8 Å². The third-order valence-electron chi connectivity index (χ3n) is 2.64. The summed E-state index contributed by atoms with van der Waals surface area (Å²) in [6.45, 7) is 1.48. The number of hydrogen-bond donors (Lipinski definition) is 2. The molecule has 3 nitrogen and oxygen atoms in total. The van der Waals surface area contributed by atoms with Crippen molar-refractivity contribution >= 4 is 17.7 Å². The summed E-state index contributed by atoms with van der Waals surface area (Å²) in [5.74, 6) is 1.74. The molecule has 0 bridgehead atoms. The maximum Gasteiger partial charge on any atom is 0.191 e. The van der Waals surface area contributed by atoms with Crippen LogP contribution in [0.15, 0.2) is 29.3 Å². The van der Waals surface area contributed by atoms with Gasteiger partial charge in [-0.15, -0.1) is 0 Å². The first kappa shape index (κ1) is 15.8. The summed E-state index contributed by atoms with van der Waals surface area (Å²) in [5.41, 5.74) is 0.908. The third kappa shape index (κ3) is 7.06. The Labute approximate surface area is 119 Å². The van der Waals surface area contributed by atoms with Crippen molar-refractivity contribution in [3.8, 4) is 0 Å². The molecule has 0 heterocycles. The monoisotopic (exact) mass is 283 g/mol. The molecule has 5 heteroatoms. The first-order valence-electron chi connectivity index (χ1n) is 6.44. The normalized spacial score (nSPS) is 11.4. The molecule has 0 spiro atoms. The fourth-order valence-corrected chi connectivity index (χ4v) is 2.12. The number of benzene rings is 1. The van der Waals surface area contributed by atoms with Crippen LogP contribution in [-0.2, 0) is 6.54 Å². The average Bonchev–Trinajstić information content (AvgIpc) is 2.42. The fraction of sp³-hybridized carbons (Fsp3) is 0.500. The number of aliphatic imine (C=N–C) groups is 1. The summed E-state index contributed by atoms with van der Waals surface area (Å²) >= 11 is 1.87. The molecule has 0 saturated carbocycles. The lowest BCUT2D eigenvalue weighted by atomic mass is 10.2. The summed E-state index contributed by atoms with van der Waals surface area (Å²) in [7, 11) is 1.74. The molecule has 1 rings (SSSR count). The number of hydrogen-bond acceptors (Lipinski definition) is 2. The fourth-order valence-electron chi connectivity index (χ4n) is 1.63. The van der Waals surface area contributed by atoms with Gasteiger partial charge in [0.25, 0.3) is 0 Å². The minimum atomic E-state index is -0.209. The van der Waals surface area contributed by atoms with Crippen LogP contribution in [0.4, 0.5) is 4.39 Å². The second-order valence-corrected chi connectivity index (χ2v) is 5.17. The molecule has 0 fully saturated rings. The van der Waals surface area contributed by atoms with Crippen molar-refractivity contribution in [3.05, 3.63) is 35.6 Å². The highest BCUT2D eigenvalue weighted by Crippen LogP contribution is 2.02. The predicted octanol–water partition coefficient (Wildman–Crippen LogP) is 2.63. The average molecular weight is 283 g/mol. The highest BCUT2D eigenvalue weighted by atomic mass is 32.2. The first-order chi connectivity index (χ1) is 9.26.